The van der Waals surface area contributed by atoms with Crippen molar-refractivity contribution in [3.8, 4) is 0 Å². The highest BCUT2D eigenvalue weighted by molar-refractivity contribution is 5.33. The molecule has 0 fully saturated rings. The third-order valence-electron chi connectivity index (χ3n) is 1.96. The molecule has 0 saturated heterocycles. The molecule has 0 atom stereocenters. The summed E-state index contributed by atoms with van der Waals surface area (Å²) in [5, 5.41) is 3.00. The molecule has 0 radical (unpaired) electrons. The minimum atomic E-state index is -0.481. The van der Waals surface area contributed by atoms with Gasteiger partial charge in [0.1, 0.15) is 5.82 Å². The molecular weight excluding hydrogens is 183 g/mol. The average Bonchev–Trinajstić information content (AvgIpc) is 2.15. The molecule has 0 saturated carbocycles. The second-order valence-corrected chi connectivity index (χ2v) is 3.66. The van der Waals surface area contributed by atoms with Crippen molar-refractivity contribution in [2.45, 2.75) is 19.4 Å². The Morgan fingerprint density at radius 3 is 2.79 bits per heavy atom. The van der Waals surface area contributed by atoms with Crippen LogP contribution in [0.2, 0.25) is 0 Å². The standard InChI is InChI=1S/C10H15FN2O/c1-10(2,14-3)7-12-9-6-4-5-8(11)13-9/h4-6H,7H2,1-3H3,(H,12,13). The summed E-state index contributed by atoms with van der Waals surface area (Å²) >= 11 is 0. The van der Waals surface area contributed by atoms with E-state index in [2.05, 4.69) is 10.3 Å². The van der Waals surface area contributed by atoms with E-state index < -0.39 is 5.95 Å². The Hall–Kier alpha value is -1.16. The Labute approximate surface area is 83.3 Å². The normalized spacial score (nSPS) is 11.4. The van der Waals surface area contributed by atoms with Gasteiger partial charge in [-0.1, -0.05) is 6.07 Å². The number of pyridine rings is 1. The van der Waals surface area contributed by atoms with E-state index in [-0.39, 0.29) is 5.60 Å². The predicted octanol–water partition coefficient (Wildman–Crippen LogP) is 2.06. The first-order valence-electron chi connectivity index (χ1n) is 4.45. The zero-order valence-electron chi connectivity index (χ0n) is 8.67. The smallest absolute Gasteiger partial charge is 0.214 e. The molecule has 1 aromatic rings. The van der Waals surface area contributed by atoms with E-state index >= 15 is 0 Å². The Kier molecular flexibility index (Phi) is 3.41. The lowest BCUT2D eigenvalue weighted by atomic mass is 10.1. The number of hydrogen-bond acceptors (Lipinski definition) is 3. The van der Waals surface area contributed by atoms with Crippen LogP contribution in [0.1, 0.15) is 13.8 Å². The number of nitrogens with zero attached hydrogens (tertiary/aromatic N) is 1. The molecule has 1 rings (SSSR count). The quantitative estimate of drug-likeness (QED) is 0.752. The molecule has 3 nitrogen and oxygen atoms in total. The molecule has 4 heteroatoms. The van der Waals surface area contributed by atoms with Crippen LogP contribution >= 0.6 is 0 Å². The minimum absolute atomic E-state index is 0.284. The zero-order valence-corrected chi connectivity index (χ0v) is 8.67. The van der Waals surface area contributed by atoms with Gasteiger partial charge in [0.05, 0.1) is 5.60 Å². The second-order valence-electron chi connectivity index (χ2n) is 3.66. The van der Waals surface area contributed by atoms with Gasteiger partial charge in [-0.15, -0.1) is 0 Å². The molecule has 0 aliphatic heterocycles. The maximum atomic E-state index is 12.7. The van der Waals surface area contributed by atoms with Gasteiger partial charge in [-0.3, -0.25) is 0 Å². The summed E-state index contributed by atoms with van der Waals surface area (Å²) in [4.78, 5) is 3.68. The summed E-state index contributed by atoms with van der Waals surface area (Å²) in [6, 6.07) is 4.64. The first-order valence-corrected chi connectivity index (χ1v) is 4.45. The van der Waals surface area contributed by atoms with Crippen LogP contribution < -0.4 is 5.32 Å². The van der Waals surface area contributed by atoms with Crippen molar-refractivity contribution in [1.29, 1.82) is 0 Å². The number of nitrogens with one attached hydrogen (secondary N) is 1. The Morgan fingerprint density at radius 1 is 1.50 bits per heavy atom. The third kappa shape index (κ3) is 3.30. The van der Waals surface area contributed by atoms with Gasteiger partial charge >= 0.3 is 0 Å². The summed E-state index contributed by atoms with van der Waals surface area (Å²) in [6.45, 7) is 4.47. The Balaban J connectivity index is 2.54. The van der Waals surface area contributed by atoms with Crippen LogP contribution in [0.5, 0.6) is 0 Å². The fraction of sp³-hybridized carbons (Fsp3) is 0.500. The number of aromatic nitrogens is 1. The number of methoxy groups -OCH3 is 1. The highest BCUT2D eigenvalue weighted by Gasteiger charge is 2.15. The molecule has 0 unspecified atom stereocenters. The zero-order chi connectivity index (χ0) is 10.6. The summed E-state index contributed by atoms with van der Waals surface area (Å²) in [5.74, 6) is 0.0420. The van der Waals surface area contributed by atoms with Crippen LogP contribution in [-0.2, 0) is 4.74 Å². The first-order chi connectivity index (χ1) is 6.53. The number of hydrogen-bond donors (Lipinski definition) is 1. The molecule has 1 N–H and O–H groups in total. The second kappa shape index (κ2) is 4.37. The van der Waals surface area contributed by atoms with Crippen molar-refractivity contribution in [1.82, 2.24) is 4.98 Å². The van der Waals surface area contributed by atoms with E-state index in [9.17, 15) is 4.39 Å². The molecule has 1 aromatic heterocycles. The van der Waals surface area contributed by atoms with Crippen LogP contribution in [0, 0.1) is 5.95 Å². The highest BCUT2D eigenvalue weighted by Crippen LogP contribution is 2.09. The van der Waals surface area contributed by atoms with E-state index in [0.717, 1.165) is 0 Å². The Bertz CT molecular complexity index is 302. The molecule has 0 bridgehead atoms. The lowest BCUT2D eigenvalue weighted by Crippen LogP contribution is -2.32. The van der Waals surface area contributed by atoms with Gasteiger partial charge in [0.25, 0.3) is 0 Å². The van der Waals surface area contributed by atoms with E-state index in [0.29, 0.717) is 12.4 Å². The molecule has 0 spiro atoms. The number of halogens is 1. The molecule has 1 heterocycles. The lowest BCUT2D eigenvalue weighted by Gasteiger charge is -2.23. The van der Waals surface area contributed by atoms with E-state index in [4.69, 9.17) is 4.74 Å². The van der Waals surface area contributed by atoms with Crippen molar-refractivity contribution >= 4 is 5.82 Å². The summed E-state index contributed by atoms with van der Waals surface area (Å²) in [7, 11) is 1.64. The van der Waals surface area contributed by atoms with E-state index in [1.165, 1.54) is 6.07 Å². The van der Waals surface area contributed by atoms with E-state index in [1.807, 2.05) is 13.8 Å². The van der Waals surface area contributed by atoms with Gasteiger partial charge in [-0.05, 0) is 26.0 Å². The lowest BCUT2D eigenvalue weighted by molar-refractivity contribution is 0.0343. The largest absolute Gasteiger partial charge is 0.377 e. The number of ether oxygens (including phenoxy) is 1. The molecule has 78 valence electrons. The average molecular weight is 198 g/mol. The van der Waals surface area contributed by atoms with Crippen molar-refractivity contribution in [3.63, 3.8) is 0 Å². The minimum Gasteiger partial charge on any atom is -0.377 e. The molecular formula is C10H15FN2O. The molecule has 0 aromatic carbocycles. The van der Waals surface area contributed by atoms with Crippen LogP contribution in [0.3, 0.4) is 0 Å². The van der Waals surface area contributed by atoms with Crippen molar-refractivity contribution in [2.75, 3.05) is 19.0 Å². The van der Waals surface area contributed by atoms with Crippen molar-refractivity contribution in [2.24, 2.45) is 0 Å². The monoisotopic (exact) mass is 198 g/mol. The number of rotatable bonds is 4. The van der Waals surface area contributed by atoms with E-state index in [1.54, 1.807) is 19.2 Å². The van der Waals surface area contributed by atoms with Gasteiger partial charge in [0, 0.05) is 13.7 Å². The summed E-state index contributed by atoms with van der Waals surface area (Å²) < 4.78 is 17.9. The molecule has 14 heavy (non-hydrogen) atoms. The molecule has 0 aliphatic carbocycles. The van der Waals surface area contributed by atoms with Gasteiger partial charge in [-0.2, -0.15) is 4.39 Å². The topological polar surface area (TPSA) is 34.1 Å². The van der Waals surface area contributed by atoms with Gasteiger partial charge in [-0.25, -0.2) is 4.98 Å². The maximum absolute atomic E-state index is 12.7. The maximum Gasteiger partial charge on any atom is 0.214 e. The fourth-order valence-electron chi connectivity index (χ4n) is 0.882. The molecule has 0 amide bonds. The van der Waals surface area contributed by atoms with Crippen LogP contribution in [-0.4, -0.2) is 24.2 Å². The number of anilines is 1. The summed E-state index contributed by atoms with van der Waals surface area (Å²) in [5.41, 5.74) is -0.284. The molecule has 0 aliphatic rings. The van der Waals surface area contributed by atoms with Crippen molar-refractivity contribution < 1.29 is 9.13 Å². The first kappa shape index (κ1) is 10.9. The SMILES string of the molecule is COC(C)(C)CNc1cccc(F)n1. The van der Waals surface area contributed by atoms with Gasteiger partial charge in [0.2, 0.25) is 5.95 Å². The third-order valence-corrected chi connectivity index (χ3v) is 1.96. The van der Waals surface area contributed by atoms with Crippen LogP contribution in [0.4, 0.5) is 10.2 Å². The van der Waals surface area contributed by atoms with Gasteiger partial charge in [0.15, 0.2) is 0 Å². The summed E-state index contributed by atoms with van der Waals surface area (Å²) in [6.07, 6.45) is 0. The van der Waals surface area contributed by atoms with Crippen molar-refractivity contribution in [3.05, 3.63) is 24.1 Å². The van der Waals surface area contributed by atoms with Crippen LogP contribution in [0.25, 0.3) is 0 Å². The Morgan fingerprint density at radius 2 is 2.21 bits per heavy atom. The van der Waals surface area contributed by atoms with Gasteiger partial charge < -0.3 is 10.1 Å². The predicted molar refractivity (Wildman–Crippen MR) is 53.8 cm³/mol. The fourth-order valence-corrected chi connectivity index (χ4v) is 0.882. The highest BCUT2D eigenvalue weighted by atomic mass is 19.1. The van der Waals surface area contributed by atoms with Crippen LogP contribution in [0.15, 0.2) is 18.2 Å².